The zero-order valence-electron chi connectivity index (χ0n) is 24.5. The van der Waals surface area contributed by atoms with Crippen LogP contribution in [0, 0.1) is 0 Å². The van der Waals surface area contributed by atoms with Crippen LogP contribution in [0.5, 0.6) is 0 Å². The molecular weight excluding hydrogens is 601 g/mol. The Labute approximate surface area is 273 Å². The molecule has 0 saturated heterocycles. The highest BCUT2D eigenvalue weighted by Crippen LogP contribution is 2.41. The van der Waals surface area contributed by atoms with Gasteiger partial charge in [0.2, 0.25) is 0 Å². The first-order chi connectivity index (χ1) is 22.8. The minimum absolute atomic E-state index is 0.662. The first-order valence-corrected chi connectivity index (χ1v) is 16.7. The van der Waals surface area contributed by atoms with E-state index in [2.05, 4.69) is 78.9 Å². The van der Waals surface area contributed by atoms with E-state index < -0.39 is 0 Å². The fraction of sp³-hybridized carbons (Fsp3) is 0. The fourth-order valence-electron chi connectivity index (χ4n) is 5.91. The number of para-hydroxylation sites is 1. The summed E-state index contributed by atoms with van der Waals surface area (Å²) in [6.45, 7) is 0. The molecule has 0 N–H and O–H groups in total. The second-order valence-corrected chi connectivity index (χ2v) is 13.2. The Morgan fingerprint density at radius 3 is 1.63 bits per heavy atom. The highest BCUT2D eigenvalue weighted by Gasteiger charge is 2.16. The lowest BCUT2D eigenvalue weighted by Gasteiger charge is -2.08. The zero-order chi connectivity index (χ0) is 30.5. The first-order valence-electron chi connectivity index (χ1n) is 15.1. The van der Waals surface area contributed by atoms with Gasteiger partial charge in [-0.1, -0.05) is 115 Å². The molecule has 0 saturated carbocycles. The van der Waals surface area contributed by atoms with Crippen LogP contribution in [-0.4, -0.2) is 19.9 Å². The van der Waals surface area contributed by atoms with Gasteiger partial charge in [-0.2, -0.15) is 0 Å². The maximum atomic E-state index is 5.09. The molecule has 3 aromatic heterocycles. The lowest BCUT2D eigenvalue weighted by atomic mass is 10.0. The van der Waals surface area contributed by atoms with Gasteiger partial charge >= 0.3 is 0 Å². The quantitative estimate of drug-likeness (QED) is 0.191. The molecule has 216 valence electrons. The van der Waals surface area contributed by atoms with Crippen LogP contribution in [0.2, 0.25) is 0 Å². The molecule has 46 heavy (non-hydrogen) atoms. The van der Waals surface area contributed by atoms with E-state index in [0.717, 1.165) is 38.3 Å². The summed E-state index contributed by atoms with van der Waals surface area (Å²) in [6.07, 6.45) is 0. The van der Waals surface area contributed by atoms with Crippen molar-refractivity contribution in [3.8, 4) is 55.9 Å². The summed E-state index contributed by atoms with van der Waals surface area (Å²) in [6, 6.07) is 50.4. The highest BCUT2D eigenvalue weighted by molar-refractivity contribution is 7.25. The second kappa shape index (κ2) is 11.1. The number of hydrogen-bond acceptors (Lipinski definition) is 6. The number of thiazole rings is 1. The van der Waals surface area contributed by atoms with E-state index in [0.29, 0.717) is 17.5 Å². The monoisotopic (exact) mass is 624 g/mol. The molecule has 4 nitrogen and oxygen atoms in total. The van der Waals surface area contributed by atoms with Crippen molar-refractivity contribution >= 4 is 53.1 Å². The summed E-state index contributed by atoms with van der Waals surface area (Å²) in [7, 11) is 0. The minimum Gasteiger partial charge on any atom is -0.235 e. The molecule has 0 unspecified atom stereocenters. The van der Waals surface area contributed by atoms with E-state index in [9.17, 15) is 0 Å². The largest absolute Gasteiger partial charge is 0.235 e. The van der Waals surface area contributed by atoms with Gasteiger partial charge in [-0.15, -0.1) is 22.7 Å². The van der Waals surface area contributed by atoms with Gasteiger partial charge in [-0.05, 0) is 35.9 Å². The Morgan fingerprint density at radius 1 is 0.348 bits per heavy atom. The summed E-state index contributed by atoms with van der Waals surface area (Å²) in [5, 5.41) is 3.47. The fourth-order valence-corrected chi connectivity index (χ4v) is 8.03. The maximum Gasteiger partial charge on any atom is 0.164 e. The number of thiophene rings is 1. The van der Waals surface area contributed by atoms with E-state index in [-0.39, 0.29) is 0 Å². The van der Waals surface area contributed by atoms with E-state index in [1.165, 1.54) is 30.4 Å². The van der Waals surface area contributed by atoms with E-state index in [1.54, 1.807) is 11.3 Å². The van der Waals surface area contributed by atoms with Crippen LogP contribution >= 0.6 is 22.7 Å². The summed E-state index contributed by atoms with van der Waals surface area (Å²) < 4.78 is 3.67. The first kappa shape index (κ1) is 26.8. The summed E-state index contributed by atoms with van der Waals surface area (Å²) in [4.78, 5) is 19.8. The van der Waals surface area contributed by atoms with Crippen LogP contribution in [0.4, 0.5) is 0 Å². The molecule has 3 heterocycles. The molecule has 0 amide bonds. The third-order valence-corrected chi connectivity index (χ3v) is 10.4. The van der Waals surface area contributed by atoms with Crippen molar-refractivity contribution in [1.82, 2.24) is 19.9 Å². The van der Waals surface area contributed by atoms with Gasteiger partial charge in [0.05, 0.1) is 10.2 Å². The van der Waals surface area contributed by atoms with Crippen molar-refractivity contribution in [2.24, 2.45) is 0 Å². The average Bonchev–Trinajstić information content (AvgIpc) is 3.74. The summed E-state index contributed by atoms with van der Waals surface area (Å²) in [5.74, 6) is 1.99. The zero-order valence-corrected chi connectivity index (χ0v) is 26.1. The van der Waals surface area contributed by atoms with Crippen molar-refractivity contribution < 1.29 is 0 Å². The van der Waals surface area contributed by atoms with Gasteiger partial charge in [0, 0.05) is 48.0 Å². The number of nitrogens with zero attached hydrogens (tertiary/aromatic N) is 4. The highest BCUT2D eigenvalue weighted by atomic mass is 32.1. The predicted octanol–water partition coefficient (Wildman–Crippen LogP) is 11.2. The molecule has 0 atom stereocenters. The third kappa shape index (κ3) is 4.76. The molecule has 0 radical (unpaired) electrons. The number of fused-ring (bicyclic) bond motifs is 4. The number of rotatable bonds is 5. The number of hydrogen-bond donors (Lipinski definition) is 0. The van der Waals surface area contributed by atoms with Crippen LogP contribution in [0.3, 0.4) is 0 Å². The Balaban J connectivity index is 1.15. The topological polar surface area (TPSA) is 51.6 Å². The Hall–Kier alpha value is -5.56. The number of benzene rings is 6. The van der Waals surface area contributed by atoms with Gasteiger partial charge in [0.15, 0.2) is 17.5 Å². The Bertz CT molecular complexity index is 2460. The van der Waals surface area contributed by atoms with Gasteiger partial charge in [-0.25, -0.2) is 19.9 Å². The maximum absolute atomic E-state index is 5.09. The average molecular weight is 625 g/mol. The molecule has 6 aromatic carbocycles. The van der Waals surface area contributed by atoms with Crippen molar-refractivity contribution in [2.45, 2.75) is 0 Å². The molecule has 0 aliphatic rings. The van der Waals surface area contributed by atoms with Gasteiger partial charge in [0.25, 0.3) is 0 Å². The van der Waals surface area contributed by atoms with Crippen molar-refractivity contribution in [1.29, 1.82) is 0 Å². The van der Waals surface area contributed by atoms with Crippen molar-refractivity contribution in [3.63, 3.8) is 0 Å². The van der Waals surface area contributed by atoms with Gasteiger partial charge in [-0.3, -0.25) is 0 Å². The lowest BCUT2D eigenvalue weighted by molar-refractivity contribution is 1.07. The van der Waals surface area contributed by atoms with Crippen LogP contribution in [0.15, 0.2) is 146 Å². The lowest BCUT2D eigenvalue weighted by Crippen LogP contribution is -2.00. The molecule has 0 bridgehead atoms. The van der Waals surface area contributed by atoms with E-state index >= 15 is 0 Å². The van der Waals surface area contributed by atoms with Crippen LogP contribution in [-0.2, 0) is 0 Å². The summed E-state index contributed by atoms with van der Waals surface area (Å²) in [5.41, 5.74) is 7.42. The van der Waals surface area contributed by atoms with Crippen LogP contribution in [0.1, 0.15) is 0 Å². The van der Waals surface area contributed by atoms with Crippen molar-refractivity contribution in [2.75, 3.05) is 0 Å². The Kier molecular flexibility index (Phi) is 6.47. The molecule has 9 rings (SSSR count). The molecule has 0 spiro atoms. The van der Waals surface area contributed by atoms with Crippen LogP contribution in [0.25, 0.3) is 86.3 Å². The number of aromatic nitrogens is 4. The standard InChI is InChI=1S/C40H24N4S2/c1-4-11-25(12-5-1)37-42-38(26-13-6-2-7-14-26)44-39(43-37)29-20-22-33-32(23-29)31-21-19-28(24-35(31)45-33)30-17-10-18-34-36(30)41-40(46-34)27-15-8-3-9-16-27/h1-24H. The van der Waals surface area contributed by atoms with Crippen LogP contribution < -0.4 is 0 Å². The SMILES string of the molecule is c1ccc(-c2nc(-c3ccccc3)nc(-c3ccc4sc5cc(-c6cccc7sc(-c8ccccc8)nc67)ccc5c4c3)n2)cc1. The van der Waals surface area contributed by atoms with Crippen molar-refractivity contribution in [3.05, 3.63) is 146 Å². The molecule has 0 aliphatic heterocycles. The van der Waals surface area contributed by atoms with Gasteiger partial charge in [0.1, 0.15) is 5.01 Å². The molecule has 0 fully saturated rings. The normalized spacial score (nSPS) is 11.5. The third-order valence-electron chi connectivity index (χ3n) is 8.18. The van der Waals surface area contributed by atoms with E-state index in [1.807, 2.05) is 78.1 Å². The molecular formula is C40H24N4S2. The Morgan fingerprint density at radius 2 is 0.957 bits per heavy atom. The molecule has 0 aliphatic carbocycles. The molecule has 9 aromatic rings. The minimum atomic E-state index is 0.662. The second-order valence-electron chi connectivity index (χ2n) is 11.1. The van der Waals surface area contributed by atoms with Gasteiger partial charge < -0.3 is 0 Å². The smallest absolute Gasteiger partial charge is 0.164 e. The predicted molar refractivity (Wildman–Crippen MR) is 193 cm³/mol. The summed E-state index contributed by atoms with van der Waals surface area (Å²) >= 11 is 3.55. The molecule has 6 heteroatoms. The van der Waals surface area contributed by atoms with E-state index in [4.69, 9.17) is 19.9 Å².